The lowest BCUT2D eigenvalue weighted by atomic mass is 10.0. The Balaban J connectivity index is 1.59. The van der Waals surface area contributed by atoms with Crippen molar-refractivity contribution in [1.29, 1.82) is 0 Å². The monoisotopic (exact) mass is 403 g/mol. The summed E-state index contributed by atoms with van der Waals surface area (Å²) in [7, 11) is 1.81. The van der Waals surface area contributed by atoms with Crippen LogP contribution in [0.5, 0.6) is 0 Å². The number of imidazole rings is 1. The number of unbranched alkanes of at least 4 members (excludes halogenated alkanes) is 2. The zero-order valence-corrected chi connectivity index (χ0v) is 17.2. The van der Waals surface area contributed by atoms with Gasteiger partial charge in [0.1, 0.15) is 5.69 Å². The van der Waals surface area contributed by atoms with E-state index in [0.717, 1.165) is 35.2 Å². The number of rotatable bonds is 8. The van der Waals surface area contributed by atoms with Crippen molar-refractivity contribution in [2.24, 2.45) is 7.05 Å². The van der Waals surface area contributed by atoms with Gasteiger partial charge >= 0.3 is 5.69 Å². The Morgan fingerprint density at radius 3 is 2.67 bits per heavy atom. The third-order valence-electron chi connectivity index (χ3n) is 5.23. The maximum Gasteiger partial charge on any atom is 0.328 e. The van der Waals surface area contributed by atoms with E-state index >= 15 is 0 Å². The predicted octanol–water partition coefficient (Wildman–Crippen LogP) is 3.21. The van der Waals surface area contributed by atoms with Gasteiger partial charge < -0.3 is 4.57 Å². The van der Waals surface area contributed by atoms with Gasteiger partial charge in [0, 0.05) is 30.7 Å². The number of aryl methyl sites for hydroxylation is 2. The van der Waals surface area contributed by atoms with Crippen molar-refractivity contribution in [3.05, 3.63) is 70.5 Å². The first kappa shape index (κ1) is 19.8. The van der Waals surface area contributed by atoms with Crippen molar-refractivity contribution < 1.29 is 0 Å². The summed E-state index contributed by atoms with van der Waals surface area (Å²) in [6.07, 6.45) is 8.03. The molecule has 8 nitrogen and oxygen atoms in total. The summed E-state index contributed by atoms with van der Waals surface area (Å²) in [5.41, 5.74) is 4.81. The molecule has 4 rings (SSSR count). The summed E-state index contributed by atoms with van der Waals surface area (Å²) in [6.45, 7) is 2.75. The van der Waals surface area contributed by atoms with Crippen molar-refractivity contribution in [3.8, 4) is 22.6 Å². The van der Waals surface area contributed by atoms with Crippen LogP contribution in [0.2, 0.25) is 0 Å². The Bertz CT molecular complexity index is 1160. The van der Waals surface area contributed by atoms with Crippen LogP contribution in [-0.2, 0) is 20.0 Å². The number of nitrogens with one attached hydrogen (secondary N) is 1. The highest BCUT2D eigenvalue weighted by atomic mass is 16.1. The van der Waals surface area contributed by atoms with E-state index in [0.29, 0.717) is 18.1 Å². The molecule has 3 aromatic heterocycles. The molecule has 4 aromatic rings. The summed E-state index contributed by atoms with van der Waals surface area (Å²) >= 11 is 0. The van der Waals surface area contributed by atoms with Crippen LogP contribution in [0.4, 0.5) is 0 Å². The number of tetrazole rings is 1. The van der Waals surface area contributed by atoms with E-state index in [2.05, 4.69) is 44.7 Å². The van der Waals surface area contributed by atoms with Gasteiger partial charge in [-0.3, -0.25) is 9.55 Å². The molecule has 1 aromatic carbocycles. The van der Waals surface area contributed by atoms with Gasteiger partial charge in [0.2, 0.25) is 5.82 Å². The number of benzene rings is 1. The summed E-state index contributed by atoms with van der Waals surface area (Å²) < 4.78 is 3.54. The second-order valence-electron chi connectivity index (χ2n) is 7.39. The number of hydrogen-bond donors (Lipinski definition) is 1. The Kier molecular flexibility index (Phi) is 5.83. The highest BCUT2D eigenvalue weighted by molar-refractivity contribution is 5.77. The van der Waals surface area contributed by atoms with Crippen LogP contribution in [0.25, 0.3) is 22.6 Å². The molecule has 3 heterocycles. The fourth-order valence-electron chi connectivity index (χ4n) is 3.64. The predicted molar refractivity (Wildman–Crippen MR) is 115 cm³/mol. The van der Waals surface area contributed by atoms with E-state index in [1.54, 1.807) is 10.8 Å². The number of H-pyrrole nitrogens is 1. The zero-order chi connectivity index (χ0) is 20.9. The molecule has 0 amide bonds. The van der Waals surface area contributed by atoms with E-state index < -0.39 is 0 Å². The third kappa shape index (κ3) is 4.07. The van der Waals surface area contributed by atoms with E-state index in [1.165, 1.54) is 12.8 Å². The molecule has 0 aliphatic heterocycles. The first-order valence-corrected chi connectivity index (χ1v) is 10.2. The highest BCUT2D eigenvalue weighted by Gasteiger charge is 2.13. The molecule has 8 heteroatoms. The van der Waals surface area contributed by atoms with Gasteiger partial charge in [-0.15, -0.1) is 10.2 Å². The molecular formula is C22H25N7O. The molecular weight excluding hydrogens is 378 g/mol. The quantitative estimate of drug-likeness (QED) is 0.456. The molecule has 0 unspecified atom stereocenters. The SMILES string of the molecule is CCCCCc1cn(C)c(=O)n1Cc1ccc(-c2cccnc2-c2nn[nH]n2)cc1. The molecule has 154 valence electrons. The Labute approximate surface area is 174 Å². The van der Waals surface area contributed by atoms with Crippen LogP contribution in [0.3, 0.4) is 0 Å². The largest absolute Gasteiger partial charge is 0.328 e. The average molecular weight is 403 g/mol. The molecule has 0 saturated heterocycles. The number of aromatic amines is 1. The molecule has 0 fully saturated rings. The van der Waals surface area contributed by atoms with Crippen molar-refractivity contribution in [2.45, 2.75) is 39.2 Å². The van der Waals surface area contributed by atoms with Crippen molar-refractivity contribution in [1.82, 2.24) is 34.7 Å². The molecule has 0 aliphatic rings. The van der Waals surface area contributed by atoms with Gasteiger partial charge in [-0.2, -0.15) is 5.21 Å². The lowest BCUT2D eigenvalue weighted by molar-refractivity contribution is 0.649. The fraction of sp³-hybridized carbons (Fsp3) is 0.318. The lowest BCUT2D eigenvalue weighted by Gasteiger charge is -2.09. The minimum Gasteiger partial charge on any atom is -0.302 e. The topological polar surface area (TPSA) is 94.3 Å². The van der Waals surface area contributed by atoms with E-state index in [-0.39, 0.29) is 5.69 Å². The zero-order valence-electron chi connectivity index (χ0n) is 17.2. The van der Waals surface area contributed by atoms with Gasteiger partial charge in [-0.1, -0.05) is 50.1 Å². The number of hydrogen-bond acceptors (Lipinski definition) is 5. The van der Waals surface area contributed by atoms with Crippen LogP contribution in [0.15, 0.2) is 53.6 Å². The smallest absolute Gasteiger partial charge is 0.302 e. The first-order valence-electron chi connectivity index (χ1n) is 10.2. The van der Waals surface area contributed by atoms with Gasteiger partial charge in [-0.25, -0.2) is 4.79 Å². The summed E-state index contributed by atoms with van der Waals surface area (Å²) in [6, 6.07) is 12.1. The Morgan fingerprint density at radius 1 is 1.10 bits per heavy atom. The van der Waals surface area contributed by atoms with Crippen molar-refractivity contribution >= 4 is 0 Å². The molecule has 1 N–H and O–H groups in total. The fourth-order valence-corrected chi connectivity index (χ4v) is 3.64. The maximum absolute atomic E-state index is 12.6. The summed E-state index contributed by atoms with van der Waals surface area (Å²) in [5.74, 6) is 0.460. The maximum atomic E-state index is 12.6. The van der Waals surface area contributed by atoms with Gasteiger partial charge in [0.25, 0.3) is 0 Å². The number of nitrogens with zero attached hydrogens (tertiary/aromatic N) is 6. The van der Waals surface area contributed by atoms with Crippen molar-refractivity contribution in [3.63, 3.8) is 0 Å². The van der Waals surface area contributed by atoms with Gasteiger partial charge in [-0.05, 0) is 35.2 Å². The number of pyridine rings is 1. The molecule has 0 atom stereocenters. The molecule has 0 spiro atoms. The first-order chi connectivity index (χ1) is 14.7. The van der Waals surface area contributed by atoms with Gasteiger partial charge in [0.15, 0.2) is 0 Å². The molecule has 0 radical (unpaired) electrons. The van der Waals surface area contributed by atoms with Crippen LogP contribution in [0, 0.1) is 0 Å². The van der Waals surface area contributed by atoms with E-state index in [4.69, 9.17) is 0 Å². The van der Waals surface area contributed by atoms with Crippen LogP contribution >= 0.6 is 0 Å². The summed E-state index contributed by atoms with van der Waals surface area (Å²) in [5, 5.41) is 14.2. The molecule has 0 aliphatic carbocycles. The minimum absolute atomic E-state index is 0.0252. The number of aromatic nitrogens is 7. The second-order valence-corrected chi connectivity index (χ2v) is 7.39. The molecule has 0 bridgehead atoms. The minimum atomic E-state index is 0.0252. The standard InChI is InChI=1S/C22H25N7O/c1-3-4-5-7-18-15-28(2)22(30)29(18)14-16-9-11-17(12-10-16)19-8-6-13-23-20(19)21-24-26-27-25-21/h6,8-13,15H,3-5,7,14H2,1-2H3,(H,24,25,26,27). The van der Waals surface area contributed by atoms with E-state index in [1.807, 2.05) is 42.1 Å². The van der Waals surface area contributed by atoms with Crippen LogP contribution < -0.4 is 5.69 Å². The van der Waals surface area contributed by atoms with Crippen LogP contribution in [0.1, 0.15) is 37.4 Å². The Morgan fingerprint density at radius 2 is 1.93 bits per heavy atom. The highest BCUT2D eigenvalue weighted by Crippen LogP contribution is 2.28. The van der Waals surface area contributed by atoms with Gasteiger partial charge in [0.05, 0.1) is 6.54 Å². The molecule has 0 saturated carbocycles. The lowest BCUT2D eigenvalue weighted by Crippen LogP contribution is -2.23. The second kappa shape index (κ2) is 8.86. The average Bonchev–Trinajstić information content (AvgIpc) is 3.39. The Hall–Kier alpha value is -3.55. The normalized spacial score (nSPS) is 11.1. The molecule has 30 heavy (non-hydrogen) atoms. The van der Waals surface area contributed by atoms with Crippen molar-refractivity contribution in [2.75, 3.05) is 0 Å². The summed E-state index contributed by atoms with van der Waals surface area (Å²) in [4.78, 5) is 17.0. The van der Waals surface area contributed by atoms with E-state index in [9.17, 15) is 4.79 Å². The third-order valence-corrected chi connectivity index (χ3v) is 5.23. The van der Waals surface area contributed by atoms with Crippen LogP contribution in [-0.4, -0.2) is 34.7 Å².